The number of amides is 1. The number of carbonyl (C=O) groups excluding carboxylic acids is 1. The van der Waals surface area contributed by atoms with E-state index in [1.165, 1.54) is 11.8 Å². The minimum absolute atomic E-state index is 0.126. The molecule has 0 aromatic heterocycles. The molecule has 2 unspecified atom stereocenters. The average molecular weight is 177 g/mol. The predicted molar refractivity (Wildman–Crippen MR) is 47.9 cm³/mol. The summed E-state index contributed by atoms with van der Waals surface area (Å²) < 4.78 is 0. The molecule has 0 saturated heterocycles. The van der Waals surface area contributed by atoms with Gasteiger partial charge in [-0.3, -0.25) is 10.2 Å². The molecule has 0 heterocycles. The predicted octanol–water partition coefficient (Wildman–Crippen LogP) is -0.555. The minimum atomic E-state index is -0.157. The summed E-state index contributed by atoms with van der Waals surface area (Å²) in [4.78, 5) is 10.9. The van der Waals surface area contributed by atoms with Crippen LogP contribution in [0.4, 0.5) is 0 Å². The van der Waals surface area contributed by atoms with Gasteiger partial charge < -0.3 is 5.73 Å². The maximum absolute atomic E-state index is 10.9. The second-order valence-electron chi connectivity index (χ2n) is 2.33. The van der Waals surface area contributed by atoms with Gasteiger partial charge in [0.05, 0.1) is 5.25 Å². The van der Waals surface area contributed by atoms with Gasteiger partial charge in [0.1, 0.15) is 0 Å². The van der Waals surface area contributed by atoms with Crippen molar-refractivity contribution in [2.45, 2.75) is 24.3 Å². The van der Waals surface area contributed by atoms with Crippen LogP contribution >= 0.6 is 11.8 Å². The third-order valence-electron chi connectivity index (χ3n) is 1.28. The van der Waals surface area contributed by atoms with Gasteiger partial charge in [0.25, 0.3) is 0 Å². The van der Waals surface area contributed by atoms with E-state index in [9.17, 15) is 4.79 Å². The lowest BCUT2D eigenvalue weighted by molar-refractivity contribution is -0.120. The van der Waals surface area contributed by atoms with Crippen molar-refractivity contribution in [3.63, 3.8) is 0 Å². The first-order valence-corrected chi connectivity index (χ1v) is 4.42. The molecule has 2 atom stereocenters. The highest BCUT2D eigenvalue weighted by molar-refractivity contribution is 8.01. The number of carbonyl (C=O) groups is 1. The Balaban J connectivity index is 3.67. The van der Waals surface area contributed by atoms with Crippen molar-refractivity contribution in [1.29, 1.82) is 0 Å². The van der Waals surface area contributed by atoms with Crippen molar-refractivity contribution in [2.75, 3.05) is 6.54 Å². The summed E-state index contributed by atoms with van der Waals surface area (Å²) in [6.45, 7) is 4.36. The summed E-state index contributed by atoms with van der Waals surface area (Å²) in [5.41, 5.74) is 7.47. The van der Waals surface area contributed by atoms with E-state index in [1.54, 1.807) is 6.92 Å². The molecule has 66 valence electrons. The Morgan fingerprint density at radius 2 is 2.18 bits per heavy atom. The second kappa shape index (κ2) is 5.40. The Morgan fingerprint density at radius 1 is 1.64 bits per heavy atom. The Kier molecular flexibility index (Phi) is 5.27. The van der Waals surface area contributed by atoms with Crippen molar-refractivity contribution in [2.24, 2.45) is 11.6 Å². The van der Waals surface area contributed by atoms with Gasteiger partial charge in [0, 0.05) is 11.8 Å². The molecule has 11 heavy (non-hydrogen) atoms. The number of rotatable bonds is 4. The van der Waals surface area contributed by atoms with Crippen molar-refractivity contribution >= 4 is 17.7 Å². The number of hydrogen-bond acceptors (Lipinski definition) is 4. The van der Waals surface area contributed by atoms with E-state index in [1.807, 2.05) is 6.92 Å². The Bertz CT molecular complexity index is 131. The summed E-state index contributed by atoms with van der Waals surface area (Å²) in [5, 5.41) is 0.167. The highest BCUT2D eigenvalue weighted by atomic mass is 32.2. The fraction of sp³-hybridized carbons (Fsp3) is 0.833. The molecule has 0 rings (SSSR count). The van der Waals surface area contributed by atoms with Gasteiger partial charge in [-0.2, -0.15) is 0 Å². The molecule has 0 spiro atoms. The summed E-state index contributed by atoms with van der Waals surface area (Å²) >= 11 is 1.52. The molecule has 0 fully saturated rings. The maximum atomic E-state index is 10.9. The van der Waals surface area contributed by atoms with Crippen LogP contribution in [0, 0.1) is 0 Å². The molecule has 5 N–H and O–H groups in total. The standard InChI is InChI=1S/C6H15N3OS/c1-4(3-7)11-5(2)6(10)9-8/h4-5H,3,7-8H2,1-2H3,(H,9,10). The molecule has 0 aromatic rings. The van der Waals surface area contributed by atoms with Crippen LogP contribution in [0.25, 0.3) is 0 Å². The monoisotopic (exact) mass is 177 g/mol. The van der Waals surface area contributed by atoms with E-state index in [2.05, 4.69) is 5.43 Å². The van der Waals surface area contributed by atoms with Gasteiger partial charge in [-0.1, -0.05) is 6.92 Å². The molecule has 1 amide bonds. The molecule has 0 radical (unpaired) electrons. The summed E-state index contributed by atoms with van der Waals surface area (Å²) in [5.74, 6) is 4.79. The third-order valence-corrected chi connectivity index (χ3v) is 2.56. The number of nitrogens with two attached hydrogens (primary N) is 2. The van der Waals surface area contributed by atoms with Crippen molar-refractivity contribution in [3.8, 4) is 0 Å². The molecule has 0 saturated carbocycles. The SMILES string of the molecule is CC(CN)SC(C)C(=O)NN. The number of nitrogens with one attached hydrogen (secondary N) is 1. The third kappa shape index (κ3) is 4.23. The molecule has 4 nitrogen and oxygen atoms in total. The zero-order valence-corrected chi connectivity index (χ0v) is 7.65. The van der Waals surface area contributed by atoms with Crippen LogP contribution < -0.4 is 17.0 Å². The second-order valence-corrected chi connectivity index (χ2v) is 4.12. The lowest BCUT2D eigenvalue weighted by Crippen LogP contribution is -2.37. The number of hydrazine groups is 1. The smallest absolute Gasteiger partial charge is 0.246 e. The van der Waals surface area contributed by atoms with Crippen LogP contribution in [0.3, 0.4) is 0 Å². The van der Waals surface area contributed by atoms with Crippen molar-refractivity contribution < 1.29 is 4.79 Å². The van der Waals surface area contributed by atoms with Crippen LogP contribution in [-0.4, -0.2) is 23.0 Å². The maximum Gasteiger partial charge on any atom is 0.246 e. The largest absolute Gasteiger partial charge is 0.329 e. The molecular weight excluding hydrogens is 162 g/mol. The van der Waals surface area contributed by atoms with E-state index in [0.29, 0.717) is 11.8 Å². The highest BCUT2D eigenvalue weighted by Crippen LogP contribution is 2.15. The zero-order chi connectivity index (χ0) is 8.85. The number of thioether (sulfide) groups is 1. The Hall–Kier alpha value is -0.260. The van der Waals surface area contributed by atoms with E-state index in [-0.39, 0.29) is 11.2 Å². The lowest BCUT2D eigenvalue weighted by atomic mass is 10.4. The lowest BCUT2D eigenvalue weighted by Gasteiger charge is -2.13. The van der Waals surface area contributed by atoms with Crippen molar-refractivity contribution in [3.05, 3.63) is 0 Å². The fourth-order valence-electron chi connectivity index (χ4n) is 0.583. The minimum Gasteiger partial charge on any atom is -0.329 e. The Labute approximate surface area is 71.0 Å². The van der Waals surface area contributed by atoms with Gasteiger partial charge >= 0.3 is 0 Å². The van der Waals surface area contributed by atoms with Crippen LogP contribution in [0.2, 0.25) is 0 Å². The van der Waals surface area contributed by atoms with Gasteiger partial charge in [-0.15, -0.1) is 11.8 Å². The number of hydrogen-bond donors (Lipinski definition) is 3. The average Bonchev–Trinajstić information content (AvgIpc) is 2.02. The fourth-order valence-corrected chi connectivity index (χ4v) is 1.58. The molecule has 5 heteroatoms. The first kappa shape index (κ1) is 10.7. The topological polar surface area (TPSA) is 81.1 Å². The van der Waals surface area contributed by atoms with E-state index < -0.39 is 0 Å². The molecule has 0 aliphatic carbocycles. The van der Waals surface area contributed by atoms with Crippen LogP contribution in [-0.2, 0) is 4.79 Å². The van der Waals surface area contributed by atoms with Crippen LogP contribution in [0.15, 0.2) is 0 Å². The van der Waals surface area contributed by atoms with Crippen molar-refractivity contribution in [1.82, 2.24) is 5.43 Å². The summed E-state index contributed by atoms with van der Waals surface area (Å²) in [7, 11) is 0. The van der Waals surface area contributed by atoms with Crippen LogP contribution in [0.1, 0.15) is 13.8 Å². The zero-order valence-electron chi connectivity index (χ0n) is 6.83. The van der Waals surface area contributed by atoms with E-state index in [4.69, 9.17) is 11.6 Å². The highest BCUT2D eigenvalue weighted by Gasteiger charge is 2.14. The summed E-state index contributed by atoms with van der Waals surface area (Å²) in [6, 6.07) is 0. The first-order valence-electron chi connectivity index (χ1n) is 3.47. The molecular formula is C6H15N3OS. The van der Waals surface area contributed by atoms with Gasteiger partial charge in [0.15, 0.2) is 0 Å². The quantitative estimate of drug-likeness (QED) is 0.305. The Morgan fingerprint density at radius 3 is 2.55 bits per heavy atom. The normalized spacial score (nSPS) is 15.6. The van der Waals surface area contributed by atoms with Gasteiger partial charge in [0.2, 0.25) is 5.91 Å². The van der Waals surface area contributed by atoms with Crippen LogP contribution in [0.5, 0.6) is 0 Å². The molecule has 0 aliphatic heterocycles. The van der Waals surface area contributed by atoms with E-state index >= 15 is 0 Å². The van der Waals surface area contributed by atoms with Gasteiger partial charge in [-0.25, -0.2) is 5.84 Å². The van der Waals surface area contributed by atoms with Gasteiger partial charge in [-0.05, 0) is 6.92 Å². The molecule has 0 aliphatic rings. The molecule has 0 aromatic carbocycles. The first-order chi connectivity index (χ1) is 5.11. The summed E-state index contributed by atoms with van der Waals surface area (Å²) in [6.07, 6.45) is 0. The van der Waals surface area contributed by atoms with E-state index in [0.717, 1.165) is 0 Å². The molecule has 0 bridgehead atoms.